The lowest BCUT2D eigenvalue weighted by Gasteiger charge is -2.18. The van der Waals surface area contributed by atoms with Gasteiger partial charge in [-0.25, -0.2) is 4.79 Å². The molecule has 0 spiro atoms. The Labute approximate surface area is 204 Å². The molecule has 0 bridgehead atoms. The molecular weight excluding hydrogens is 444 g/mol. The maximum atomic E-state index is 12.7. The third kappa shape index (κ3) is 5.19. The lowest BCUT2D eigenvalue weighted by molar-refractivity contribution is -0.137. The van der Waals surface area contributed by atoms with E-state index in [4.69, 9.17) is 9.84 Å². The molecular formula is C28H28N2O5. The molecule has 0 aromatic heterocycles. The van der Waals surface area contributed by atoms with E-state index in [1.807, 2.05) is 31.2 Å². The largest absolute Gasteiger partial charge is 0.481 e. The highest BCUT2D eigenvalue weighted by molar-refractivity contribution is 5.98. The molecule has 0 heterocycles. The average molecular weight is 473 g/mol. The number of anilines is 1. The summed E-state index contributed by atoms with van der Waals surface area (Å²) < 4.78 is 5.61. The van der Waals surface area contributed by atoms with Crippen LogP contribution in [-0.4, -0.2) is 35.7 Å². The summed E-state index contributed by atoms with van der Waals surface area (Å²) in [5, 5.41) is 14.5. The zero-order chi connectivity index (χ0) is 24.9. The van der Waals surface area contributed by atoms with Crippen LogP contribution in [0.5, 0.6) is 0 Å². The summed E-state index contributed by atoms with van der Waals surface area (Å²) in [4.78, 5) is 36.4. The minimum atomic E-state index is -0.973. The molecule has 3 N–H and O–H groups in total. The standard InChI is InChI=1S/C28H28N2O5/c1-3-18(15-26(31)32)29-27(33)19-13-8-14-25(17(19)2)30-28(34)35-16-24-22-11-6-4-9-20(22)21-10-5-7-12-23(21)24/h4-14,18,24H,3,15-16H2,1-2H3,(H,29,33)(H,30,34)(H,31,32). The first-order chi connectivity index (χ1) is 16.9. The number of ether oxygens (including phenoxy) is 1. The zero-order valence-electron chi connectivity index (χ0n) is 19.7. The summed E-state index contributed by atoms with van der Waals surface area (Å²) in [5.41, 5.74) is 5.96. The van der Waals surface area contributed by atoms with Gasteiger partial charge >= 0.3 is 12.1 Å². The predicted octanol–water partition coefficient (Wildman–Crippen LogP) is 5.34. The number of fused-ring (bicyclic) bond motifs is 3. The minimum absolute atomic E-state index is 0.0495. The van der Waals surface area contributed by atoms with Gasteiger partial charge in [-0.1, -0.05) is 61.5 Å². The molecule has 2 amide bonds. The van der Waals surface area contributed by atoms with Gasteiger partial charge in [0.1, 0.15) is 6.61 Å². The van der Waals surface area contributed by atoms with Gasteiger partial charge in [-0.05, 0) is 53.3 Å². The van der Waals surface area contributed by atoms with Gasteiger partial charge < -0.3 is 15.2 Å². The van der Waals surface area contributed by atoms with E-state index in [0.717, 1.165) is 22.3 Å². The molecule has 0 fully saturated rings. The number of nitrogens with one attached hydrogen (secondary N) is 2. The van der Waals surface area contributed by atoms with E-state index >= 15 is 0 Å². The third-order valence-electron chi connectivity index (χ3n) is 6.41. The second-order valence-electron chi connectivity index (χ2n) is 8.61. The van der Waals surface area contributed by atoms with Crippen molar-refractivity contribution in [1.29, 1.82) is 0 Å². The topological polar surface area (TPSA) is 105 Å². The monoisotopic (exact) mass is 472 g/mol. The highest BCUT2D eigenvalue weighted by atomic mass is 16.5. The fourth-order valence-electron chi connectivity index (χ4n) is 4.53. The van der Waals surface area contributed by atoms with Crippen molar-refractivity contribution in [3.05, 3.63) is 89.0 Å². The van der Waals surface area contributed by atoms with Crippen LogP contribution in [-0.2, 0) is 9.53 Å². The van der Waals surface area contributed by atoms with Crippen LogP contribution < -0.4 is 10.6 Å². The molecule has 0 saturated heterocycles. The van der Waals surface area contributed by atoms with Crippen LogP contribution in [0.1, 0.15) is 52.7 Å². The van der Waals surface area contributed by atoms with Gasteiger partial charge in [-0.3, -0.25) is 14.9 Å². The van der Waals surface area contributed by atoms with E-state index < -0.39 is 18.1 Å². The Morgan fingerprint density at radius 1 is 0.943 bits per heavy atom. The first-order valence-electron chi connectivity index (χ1n) is 11.6. The molecule has 35 heavy (non-hydrogen) atoms. The second kappa shape index (κ2) is 10.4. The minimum Gasteiger partial charge on any atom is -0.481 e. The normalized spacial score (nSPS) is 12.9. The van der Waals surface area contributed by atoms with Gasteiger partial charge in [0.2, 0.25) is 0 Å². The van der Waals surface area contributed by atoms with Gasteiger partial charge in [0.15, 0.2) is 0 Å². The number of aliphatic carboxylic acids is 1. The molecule has 3 aromatic rings. The number of carbonyl (C=O) groups excluding carboxylic acids is 2. The van der Waals surface area contributed by atoms with Crippen molar-refractivity contribution in [2.75, 3.05) is 11.9 Å². The van der Waals surface area contributed by atoms with Crippen molar-refractivity contribution in [2.45, 2.75) is 38.6 Å². The first-order valence-corrected chi connectivity index (χ1v) is 11.6. The van der Waals surface area contributed by atoms with E-state index in [0.29, 0.717) is 23.2 Å². The summed E-state index contributed by atoms with van der Waals surface area (Å²) in [6.07, 6.45) is -0.266. The predicted molar refractivity (Wildman–Crippen MR) is 134 cm³/mol. The van der Waals surface area contributed by atoms with Crippen molar-refractivity contribution in [3.63, 3.8) is 0 Å². The van der Waals surface area contributed by atoms with Crippen molar-refractivity contribution in [2.24, 2.45) is 0 Å². The summed E-state index contributed by atoms with van der Waals surface area (Å²) in [6, 6.07) is 20.8. The molecule has 7 nitrogen and oxygen atoms in total. The number of carbonyl (C=O) groups is 3. The fourth-order valence-corrected chi connectivity index (χ4v) is 4.53. The Bertz CT molecular complexity index is 1220. The second-order valence-corrected chi connectivity index (χ2v) is 8.61. The molecule has 1 unspecified atom stereocenters. The first kappa shape index (κ1) is 24.0. The number of carboxylic acids is 1. The Hall–Kier alpha value is -4.13. The Kier molecular flexibility index (Phi) is 7.15. The quantitative estimate of drug-likeness (QED) is 0.411. The van der Waals surface area contributed by atoms with Crippen LogP contribution in [0.25, 0.3) is 11.1 Å². The van der Waals surface area contributed by atoms with E-state index in [9.17, 15) is 14.4 Å². The summed E-state index contributed by atoms with van der Waals surface area (Å²) >= 11 is 0. The highest BCUT2D eigenvalue weighted by Gasteiger charge is 2.29. The maximum Gasteiger partial charge on any atom is 0.411 e. The van der Waals surface area contributed by atoms with E-state index in [-0.39, 0.29) is 24.9 Å². The molecule has 0 saturated carbocycles. The van der Waals surface area contributed by atoms with Gasteiger partial charge in [-0.2, -0.15) is 0 Å². The van der Waals surface area contributed by atoms with E-state index in [1.54, 1.807) is 25.1 Å². The molecule has 1 atom stereocenters. The van der Waals surface area contributed by atoms with Crippen molar-refractivity contribution in [3.8, 4) is 11.1 Å². The van der Waals surface area contributed by atoms with E-state index in [1.165, 1.54) is 0 Å². The SMILES string of the molecule is CCC(CC(=O)O)NC(=O)c1cccc(NC(=O)OCC2c3ccccc3-c3ccccc32)c1C. The summed E-state index contributed by atoms with van der Waals surface area (Å²) in [7, 11) is 0. The summed E-state index contributed by atoms with van der Waals surface area (Å²) in [6.45, 7) is 3.73. The Morgan fingerprint density at radius 2 is 1.57 bits per heavy atom. The molecule has 180 valence electrons. The van der Waals surface area contributed by atoms with Crippen LogP contribution in [0.4, 0.5) is 10.5 Å². The summed E-state index contributed by atoms with van der Waals surface area (Å²) in [5.74, 6) is -1.40. The lowest BCUT2D eigenvalue weighted by atomic mass is 9.98. The molecule has 0 aliphatic heterocycles. The molecule has 0 radical (unpaired) electrons. The number of rotatable bonds is 8. The maximum absolute atomic E-state index is 12.7. The average Bonchev–Trinajstić information content (AvgIpc) is 3.17. The number of hydrogen-bond donors (Lipinski definition) is 3. The Balaban J connectivity index is 1.43. The van der Waals surface area contributed by atoms with Crippen LogP contribution in [0.2, 0.25) is 0 Å². The van der Waals surface area contributed by atoms with Gasteiger partial charge in [0, 0.05) is 23.2 Å². The number of carboxylic acid groups (broad SMARTS) is 1. The Morgan fingerprint density at radius 3 is 2.17 bits per heavy atom. The molecule has 7 heteroatoms. The molecule has 4 rings (SSSR count). The molecule has 1 aliphatic carbocycles. The number of benzene rings is 3. The van der Waals surface area contributed by atoms with Crippen molar-refractivity contribution in [1.82, 2.24) is 5.32 Å². The zero-order valence-corrected chi connectivity index (χ0v) is 19.7. The van der Waals surface area contributed by atoms with Gasteiger partial charge in [0.25, 0.3) is 5.91 Å². The number of amides is 2. The lowest BCUT2D eigenvalue weighted by Crippen LogP contribution is -2.36. The van der Waals surface area contributed by atoms with Crippen LogP contribution >= 0.6 is 0 Å². The third-order valence-corrected chi connectivity index (χ3v) is 6.41. The molecule has 3 aromatic carbocycles. The van der Waals surface area contributed by atoms with Crippen molar-refractivity contribution < 1.29 is 24.2 Å². The highest BCUT2D eigenvalue weighted by Crippen LogP contribution is 2.44. The smallest absolute Gasteiger partial charge is 0.411 e. The van der Waals surface area contributed by atoms with E-state index in [2.05, 4.69) is 34.9 Å². The van der Waals surface area contributed by atoms with Crippen LogP contribution in [0.15, 0.2) is 66.7 Å². The van der Waals surface area contributed by atoms with Gasteiger partial charge in [-0.15, -0.1) is 0 Å². The van der Waals surface area contributed by atoms with Gasteiger partial charge in [0.05, 0.1) is 6.42 Å². The number of hydrogen-bond acceptors (Lipinski definition) is 4. The van der Waals surface area contributed by atoms with Crippen molar-refractivity contribution >= 4 is 23.7 Å². The van der Waals surface area contributed by atoms with Crippen LogP contribution in [0, 0.1) is 6.92 Å². The fraction of sp³-hybridized carbons (Fsp3) is 0.250. The molecule has 1 aliphatic rings. The van der Waals surface area contributed by atoms with Crippen LogP contribution in [0.3, 0.4) is 0 Å².